The quantitative estimate of drug-likeness (QED) is 0.709. The minimum Gasteiger partial charge on any atom is -0.198 e. The van der Waals surface area contributed by atoms with Crippen molar-refractivity contribution in [1.82, 2.24) is 0 Å². The van der Waals surface area contributed by atoms with Crippen LogP contribution in [0.3, 0.4) is 0 Å². The summed E-state index contributed by atoms with van der Waals surface area (Å²) in [5, 5.41) is 8.73. The Labute approximate surface area is 133 Å². The third kappa shape index (κ3) is 3.39. The highest BCUT2D eigenvalue weighted by Crippen LogP contribution is 2.36. The molecule has 22 heavy (non-hydrogen) atoms. The number of benzene rings is 2. The molecule has 1 saturated carbocycles. The molecule has 0 N–H and O–H groups in total. The molecule has 1 aliphatic carbocycles. The third-order valence-corrected chi connectivity index (χ3v) is 4.97. The van der Waals surface area contributed by atoms with Gasteiger partial charge in [-0.1, -0.05) is 68.3 Å². The van der Waals surface area contributed by atoms with E-state index in [2.05, 4.69) is 61.5 Å². The Morgan fingerprint density at radius 1 is 0.864 bits per heavy atom. The van der Waals surface area contributed by atoms with Crippen LogP contribution in [0.15, 0.2) is 48.5 Å². The van der Waals surface area contributed by atoms with Crippen LogP contribution in [0.4, 0.5) is 0 Å². The van der Waals surface area contributed by atoms with Gasteiger partial charge >= 0.3 is 0 Å². The Morgan fingerprint density at radius 2 is 1.41 bits per heavy atom. The monoisotopic (exact) mass is 289 g/mol. The van der Waals surface area contributed by atoms with Crippen LogP contribution in [0.1, 0.15) is 49.7 Å². The van der Waals surface area contributed by atoms with Crippen LogP contribution in [-0.4, -0.2) is 0 Å². The molecule has 1 nitrogen and oxygen atoms in total. The number of nitrogens with zero attached hydrogens (tertiary/aromatic N) is 1. The van der Waals surface area contributed by atoms with E-state index in [0.717, 1.165) is 17.4 Å². The van der Waals surface area contributed by atoms with Crippen LogP contribution in [0.5, 0.6) is 0 Å². The third-order valence-electron chi connectivity index (χ3n) is 4.97. The van der Waals surface area contributed by atoms with Gasteiger partial charge in [-0.25, -0.2) is 0 Å². The summed E-state index contributed by atoms with van der Waals surface area (Å²) in [7, 11) is 0. The Hall–Kier alpha value is -2.07. The summed E-state index contributed by atoms with van der Waals surface area (Å²) in [5.74, 6) is 1.66. The molecule has 0 spiro atoms. The Kier molecular flexibility index (Phi) is 4.59. The molecule has 3 rings (SSSR count). The van der Waals surface area contributed by atoms with Gasteiger partial charge in [-0.2, -0.15) is 5.26 Å². The van der Waals surface area contributed by atoms with Crippen molar-refractivity contribution in [3.63, 3.8) is 0 Å². The highest BCUT2D eigenvalue weighted by Gasteiger charge is 2.19. The van der Waals surface area contributed by atoms with Gasteiger partial charge in [-0.3, -0.25) is 0 Å². The lowest BCUT2D eigenvalue weighted by atomic mass is 9.79. The summed E-state index contributed by atoms with van der Waals surface area (Å²) in [6, 6.07) is 19.6. The molecule has 1 heteroatoms. The lowest BCUT2D eigenvalue weighted by Crippen LogP contribution is -2.10. The smallest absolute Gasteiger partial charge is 0.0669 e. The van der Waals surface area contributed by atoms with Crippen molar-refractivity contribution in [2.75, 3.05) is 0 Å². The Bertz CT molecular complexity index is 638. The van der Waals surface area contributed by atoms with E-state index in [1.54, 1.807) is 0 Å². The van der Waals surface area contributed by atoms with Crippen molar-refractivity contribution in [3.05, 3.63) is 59.7 Å². The molecule has 0 radical (unpaired) electrons. The van der Waals surface area contributed by atoms with Gasteiger partial charge in [-0.15, -0.1) is 0 Å². The first-order valence-corrected chi connectivity index (χ1v) is 8.32. The molecule has 112 valence electrons. The zero-order valence-corrected chi connectivity index (χ0v) is 13.3. The summed E-state index contributed by atoms with van der Waals surface area (Å²) < 4.78 is 0. The topological polar surface area (TPSA) is 23.8 Å². The predicted octanol–water partition coefficient (Wildman–Crippen LogP) is 5.71. The van der Waals surface area contributed by atoms with E-state index >= 15 is 0 Å². The first-order chi connectivity index (χ1) is 10.8. The van der Waals surface area contributed by atoms with Gasteiger partial charge in [-0.05, 0) is 46.9 Å². The van der Waals surface area contributed by atoms with Crippen LogP contribution >= 0.6 is 0 Å². The second-order valence-corrected chi connectivity index (χ2v) is 6.61. The average molecular weight is 289 g/mol. The number of nitriles is 1. The van der Waals surface area contributed by atoms with Crippen molar-refractivity contribution in [2.24, 2.45) is 5.92 Å². The predicted molar refractivity (Wildman–Crippen MR) is 91.6 cm³/mol. The van der Waals surface area contributed by atoms with Gasteiger partial charge in [0.1, 0.15) is 0 Å². The molecular formula is C21H23N. The molecule has 0 amide bonds. The van der Waals surface area contributed by atoms with E-state index in [1.165, 1.54) is 42.4 Å². The fraction of sp³-hybridized carbons (Fsp3) is 0.381. The molecule has 0 heterocycles. The van der Waals surface area contributed by atoms with Gasteiger partial charge in [0.2, 0.25) is 0 Å². The second-order valence-electron chi connectivity index (χ2n) is 6.61. The van der Waals surface area contributed by atoms with Crippen molar-refractivity contribution < 1.29 is 0 Å². The molecule has 0 atom stereocenters. The van der Waals surface area contributed by atoms with E-state index in [0.29, 0.717) is 6.42 Å². The number of rotatable bonds is 3. The summed E-state index contributed by atoms with van der Waals surface area (Å²) in [6.45, 7) is 2.37. The van der Waals surface area contributed by atoms with Crippen LogP contribution in [0.25, 0.3) is 11.1 Å². The molecule has 0 bridgehead atoms. The summed E-state index contributed by atoms with van der Waals surface area (Å²) in [6.07, 6.45) is 5.89. The molecule has 0 saturated heterocycles. The zero-order valence-electron chi connectivity index (χ0n) is 13.3. The van der Waals surface area contributed by atoms with Crippen LogP contribution < -0.4 is 0 Å². The van der Waals surface area contributed by atoms with Gasteiger partial charge in [0.05, 0.1) is 12.5 Å². The highest BCUT2D eigenvalue weighted by atomic mass is 14.2. The van der Waals surface area contributed by atoms with Gasteiger partial charge in [0.15, 0.2) is 0 Å². The van der Waals surface area contributed by atoms with Crippen LogP contribution in [0.2, 0.25) is 0 Å². The molecule has 1 fully saturated rings. The van der Waals surface area contributed by atoms with Crippen LogP contribution in [0, 0.1) is 17.2 Å². The van der Waals surface area contributed by atoms with E-state index in [9.17, 15) is 0 Å². The molecule has 0 unspecified atom stereocenters. The largest absolute Gasteiger partial charge is 0.198 e. The maximum Gasteiger partial charge on any atom is 0.0669 e. The molecular weight excluding hydrogens is 266 g/mol. The molecule has 0 aliphatic heterocycles. The fourth-order valence-electron chi connectivity index (χ4n) is 3.45. The van der Waals surface area contributed by atoms with Crippen molar-refractivity contribution >= 4 is 0 Å². The van der Waals surface area contributed by atoms with Crippen molar-refractivity contribution in [2.45, 2.75) is 44.9 Å². The van der Waals surface area contributed by atoms with E-state index < -0.39 is 0 Å². The number of hydrogen-bond donors (Lipinski definition) is 0. The minimum atomic E-state index is 0.485. The summed E-state index contributed by atoms with van der Waals surface area (Å²) in [5.41, 5.74) is 5.07. The maximum absolute atomic E-state index is 8.73. The van der Waals surface area contributed by atoms with Gasteiger partial charge < -0.3 is 0 Å². The van der Waals surface area contributed by atoms with Crippen LogP contribution in [-0.2, 0) is 6.42 Å². The first kappa shape index (κ1) is 14.9. The summed E-state index contributed by atoms with van der Waals surface area (Å²) in [4.78, 5) is 0. The second kappa shape index (κ2) is 6.79. The van der Waals surface area contributed by atoms with Gasteiger partial charge in [0.25, 0.3) is 0 Å². The first-order valence-electron chi connectivity index (χ1n) is 8.32. The fourth-order valence-corrected chi connectivity index (χ4v) is 3.45. The standard InChI is InChI=1S/C21H23N/c1-16-2-6-18(7-3-16)20-10-12-21(13-11-20)19-8-4-17(5-9-19)14-15-22/h4-5,8-13,16,18H,2-3,6-7,14H2,1H3/t16-,18-. The highest BCUT2D eigenvalue weighted by molar-refractivity contribution is 5.64. The Morgan fingerprint density at radius 3 is 1.95 bits per heavy atom. The summed E-state index contributed by atoms with van der Waals surface area (Å²) >= 11 is 0. The van der Waals surface area contributed by atoms with Crippen molar-refractivity contribution in [1.29, 1.82) is 5.26 Å². The Balaban J connectivity index is 1.72. The number of hydrogen-bond acceptors (Lipinski definition) is 1. The van der Waals surface area contributed by atoms with Gasteiger partial charge in [0, 0.05) is 0 Å². The van der Waals surface area contributed by atoms with E-state index in [1.807, 2.05) is 0 Å². The molecule has 1 aliphatic rings. The molecule has 0 aromatic heterocycles. The van der Waals surface area contributed by atoms with E-state index in [4.69, 9.17) is 5.26 Å². The average Bonchev–Trinajstić information content (AvgIpc) is 2.57. The van der Waals surface area contributed by atoms with E-state index in [-0.39, 0.29) is 0 Å². The SMILES string of the molecule is C[C@H]1CC[C@H](c2ccc(-c3ccc(CC#N)cc3)cc2)CC1. The lowest BCUT2D eigenvalue weighted by molar-refractivity contribution is 0.348. The zero-order chi connectivity index (χ0) is 15.4. The maximum atomic E-state index is 8.73. The van der Waals surface area contributed by atoms with Crippen molar-refractivity contribution in [3.8, 4) is 17.2 Å². The lowest BCUT2D eigenvalue weighted by Gasteiger charge is -2.26. The normalized spacial score (nSPS) is 21.3. The molecule has 2 aromatic carbocycles. The minimum absolute atomic E-state index is 0.485. The molecule has 2 aromatic rings.